The SMILES string of the molecule is CC(C)(C)OC(=O)N[C@@H]1CCCCCC=C[C@@H]2C[C@]2(C(=O)O)NC(=O)[C@@H]2C[C@H](n3nnc(-c4cncc(Br)c4)n3)CN2C1=O. The topological polar surface area (TPSA) is 182 Å². The maximum absolute atomic E-state index is 14.1. The Morgan fingerprint density at radius 3 is 2.73 bits per heavy atom. The van der Waals surface area contributed by atoms with Crippen molar-refractivity contribution in [1.82, 2.24) is 40.7 Å². The van der Waals surface area contributed by atoms with E-state index >= 15 is 0 Å². The van der Waals surface area contributed by atoms with E-state index in [1.807, 2.05) is 12.2 Å². The largest absolute Gasteiger partial charge is 0.479 e. The number of tetrazole rings is 1. The molecule has 1 saturated heterocycles. The van der Waals surface area contributed by atoms with Gasteiger partial charge in [-0.1, -0.05) is 25.0 Å². The normalized spacial score (nSPS) is 27.8. The Bertz CT molecular complexity index is 1460. The first-order valence-corrected chi connectivity index (χ1v) is 15.6. The Kier molecular flexibility index (Phi) is 9.05. The fourth-order valence-electron chi connectivity index (χ4n) is 5.72. The molecule has 3 N–H and O–H groups in total. The van der Waals surface area contributed by atoms with Crippen LogP contribution in [-0.4, -0.2) is 88.8 Å². The summed E-state index contributed by atoms with van der Waals surface area (Å²) >= 11 is 3.38. The van der Waals surface area contributed by atoms with Crippen LogP contribution in [0.1, 0.15) is 71.8 Å². The summed E-state index contributed by atoms with van der Waals surface area (Å²) in [5.41, 5.74) is -1.57. The van der Waals surface area contributed by atoms with E-state index in [0.717, 1.165) is 23.7 Å². The average Bonchev–Trinajstić information content (AvgIpc) is 3.27. The summed E-state index contributed by atoms with van der Waals surface area (Å²) < 4.78 is 6.17. The summed E-state index contributed by atoms with van der Waals surface area (Å²) in [5, 5.41) is 28.4. The van der Waals surface area contributed by atoms with E-state index in [1.54, 1.807) is 39.2 Å². The van der Waals surface area contributed by atoms with Crippen LogP contribution < -0.4 is 10.6 Å². The van der Waals surface area contributed by atoms with Crippen LogP contribution in [0, 0.1) is 5.92 Å². The van der Waals surface area contributed by atoms with Crippen LogP contribution in [0.25, 0.3) is 11.4 Å². The number of aromatic nitrogens is 5. The molecule has 1 aliphatic carbocycles. The number of carbonyl (C=O) groups is 4. The van der Waals surface area contributed by atoms with Gasteiger partial charge in [0, 0.05) is 41.3 Å². The number of nitrogens with zero attached hydrogens (tertiary/aromatic N) is 6. The second-order valence-electron chi connectivity index (χ2n) is 12.6. The van der Waals surface area contributed by atoms with Gasteiger partial charge in [-0.3, -0.25) is 14.6 Å². The second-order valence-corrected chi connectivity index (χ2v) is 13.5. The molecule has 2 aliphatic heterocycles. The number of halogens is 1. The first-order chi connectivity index (χ1) is 20.9. The zero-order chi connectivity index (χ0) is 31.6. The third-order valence-electron chi connectivity index (χ3n) is 8.05. The molecular weight excluding hydrogens is 636 g/mol. The molecule has 0 bridgehead atoms. The van der Waals surface area contributed by atoms with Crippen molar-refractivity contribution in [2.24, 2.45) is 5.92 Å². The summed E-state index contributed by atoms with van der Waals surface area (Å²) in [6.07, 6.45) is 10.1. The van der Waals surface area contributed by atoms with E-state index in [1.165, 1.54) is 9.70 Å². The number of rotatable bonds is 4. The molecule has 3 amide bonds. The fraction of sp³-hybridized carbons (Fsp3) is 0.586. The van der Waals surface area contributed by atoms with Gasteiger partial charge in [0.15, 0.2) is 0 Å². The van der Waals surface area contributed by atoms with E-state index < -0.39 is 53.1 Å². The van der Waals surface area contributed by atoms with Crippen molar-refractivity contribution in [3.05, 3.63) is 35.1 Å². The third-order valence-corrected chi connectivity index (χ3v) is 8.48. The molecule has 2 fully saturated rings. The number of carboxylic acids is 1. The molecule has 44 heavy (non-hydrogen) atoms. The van der Waals surface area contributed by atoms with Crippen LogP contribution >= 0.6 is 15.9 Å². The van der Waals surface area contributed by atoms with Crippen molar-refractivity contribution in [3.8, 4) is 11.4 Å². The maximum Gasteiger partial charge on any atom is 0.408 e. The van der Waals surface area contributed by atoms with Gasteiger partial charge in [-0.15, -0.1) is 10.2 Å². The number of alkyl carbamates (subject to hydrolysis) is 1. The number of fused-ring (bicyclic) bond motifs is 2. The Balaban J connectivity index is 1.44. The van der Waals surface area contributed by atoms with Crippen LogP contribution in [0.4, 0.5) is 4.79 Å². The van der Waals surface area contributed by atoms with E-state index in [2.05, 4.69) is 47.0 Å². The maximum atomic E-state index is 14.1. The Morgan fingerprint density at radius 2 is 2.00 bits per heavy atom. The summed E-state index contributed by atoms with van der Waals surface area (Å²) in [6, 6.07) is -0.714. The van der Waals surface area contributed by atoms with Gasteiger partial charge in [0.1, 0.15) is 23.2 Å². The number of carboxylic acid groups (broad SMARTS) is 1. The molecule has 0 radical (unpaired) electrons. The number of nitrogens with one attached hydrogen (secondary N) is 2. The number of carbonyl (C=O) groups excluding carboxylic acids is 3. The molecule has 1 saturated carbocycles. The Morgan fingerprint density at radius 1 is 1.20 bits per heavy atom. The quantitative estimate of drug-likeness (QED) is 0.408. The second kappa shape index (κ2) is 12.6. The summed E-state index contributed by atoms with van der Waals surface area (Å²) in [4.78, 5) is 59.9. The zero-order valence-corrected chi connectivity index (χ0v) is 26.5. The highest BCUT2D eigenvalue weighted by Gasteiger charge is 2.61. The van der Waals surface area contributed by atoms with Crippen LogP contribution in [-0.2, 0) is 19.1 Å². The van der Waals surface area contributed by atoms with Gasteiger partial charge < -0.3 is 25.4 Å². The lowest BCUT2D eigenvalue weighted by Gasteiger charge is -2.30. The monoisotopic (exact) mass is 672 g/mol. The van der Waals surface area contributed by atoms with Crippen molar-refractivity contribution in [3.63, 3.8) is 0 Å². The number of aliphatic carboxylic acids is 1. The molecule has 0 spiro atoms. The molecule has 0 unspecified atom stereocenters. The Hall–Kier alpha value is -3.88. The van der Waals surface area contributed by atoms with Gasteiger partial charge in [-0.2, -0.15) is 4.80 Å². The lowest BCUT2D eigenvalue weighted by Crippen LogP contribution is -2.56. The van der Waals surface area contributed by atoms with E-state index in [4.69, 9.17) is 4.74 Å². The van der Waals surface area contributed by atoms with Gasteiger partial charge in [-0.05, 0) is 73.7 Å². The van der Waals surface area contributed by atoms with Gasteiger partial charge in [0.25, 0.3) is 0 Å². The molecule has 236 valence electrons. The molecule has 5 rings (SSSR count). The number of allylic oxidation sites excluding steroid dienone is 1. The molecule has 4 heterocycles. The van der Waals surface area contributed by atoms with Gasteiger partial charge in [0.05, 0.1) is 6.04 Å². The minimum absolute atomic E-state index is 0.0549. The van der Waals surface area contributed by atoms with Gasteiger partial charge in [-0.25, -0.2) is 9.59 Å². The van der Waals surface area contributed by atoms with Gasteiger partial charge in [0.2, 0.25) is 17.6 Å². The van der Waals surface area contributed by atoms with Crippen LogP contribution in [0.2, 0.25) is 0 Å². The number of amides is 3. The summed E-state index contributed by atoms with van der Waals surface area (Å²) in [7, 11) is 0. The van der Waals surface area contributed by atoms with E-state index in [0.29, 0.717) is 24.2 Å². The molecule has 5 atom stereocenters. The predicted molar refractivity (Wildman–Crippen MR) is 160 cm³/mol. The van der Waals surface area contributed by atoms with Crippen molar-refractivity contribution in [2.45, 2.75) is 95.0 Å². The molecule has 0 aromatic carbocycles. The van der Waals surface area contributed by atoms with Crippen molar-refractivity contribution in [1.29, 1.82) is 0 Å². The highest BCUT2D eigenvalue weighted by molar-refractivity contribution is 9.10. The van der Waals surface area contributed by atoms with Crippen LogP contribution in [0.3, 0.4) is 0 Å². The highest BCUT2D eigenvalue weighted by atomic mass is 79.9. The van der Waals surface area contributed by atoms with Gasteiger partial charge >= 0.3 is 12.1 Å². The number of hydrogen-bond acceptors (Lipinski definition) is 9. The lowest BCUT2D eigenvalue weighted by atomic mass is 10.0. The third kappa shape index (κ3) is 7.08. The highest BCUT2D eigenvalue weighted by Crippen LogP contribution is 2.45. The first-order valence-electron chi connectivity index (χ1n) is 14.8. The predicted octanol–water partition coefficient (Wildman–Crippen LogP) is 3.01. The van der Waals surface area contributed by atoms with Crippen LogP contribution in [0.15, 0.2) is 35.1 Å². The minimum atomic E-state index is -1.43. The average molecular weight is 674 g/mol. The molecular formula is C29H37BrN8O6. The number of ether oxygens (including phenoxy) is 1. The lowest BCUT2D eigenvalue weighted by molar-refractivity contribution is -0.145. The summed E-state index contributed by atoms with van der Waals surface area (Å²) in [6.45, 7) is 5.25. The minimum Gasteiger partial charge on any atom is -0.479 e. The van der Waals surface area contributed by atoms with E-state index in [9.17, 15) is 24.3 Å². The standard InChI is InChI=1S/C29H37BrN8O6/c1-28(2,3)44-27(43)32-21-10-8-6-4-5-7-9-18-13-29(18,26(41)42)33-24(39)22-12-20(16-37(22)25(21)40)38-35-23(34-36-38)17-11-19(30)15-31-14-17/h7,9,11,14-15,18,20-22H,4-6,8,10,12-13,16H2,1-3H3,(H,32,43)(H,33,39)(H,41,42)/t18-,20+,21-,22+,29+/m1/s1. The smallest absolute Gasteiger partial charge is 0.408 e. The molecule has 15 heteroatoms. The Labute approximate surface area is 263 Å². The number of hydrogen-bond donors (Lipinski definition) is 3. The van der Waals surface area contributed by atoms with Crippen LogP contribution in [0.5, 0.6) is 0 Å². The number of pyridine rings is 1. The van der Waals surface area contributed by atoms with Crippen molar-refractivity contribution >= 4 is 39.8 Å². The van der Waals surface area contributed by atoms with Crippen molar-refractivity contribution < 1.29 is 29.0 Å². The first kappa shape index (κ1) is 31.5. The fourth-order valence-corrected chi connectivity index (χ4v) is 6.09. The summed E-state index contributed by atoms with van der Waals surface area (Å²) in [5.74, 6) is -2.18. The molecule has 2 aromatic heterocycles. The molecule has 2 aromatic rings. The molecule has 14 nitrogen and oxygen atoms in total. The van der Waals surface area contributed by atoms with E-state index in [-0.39, 0.29) is 25.3 Å². The van der Waals surface area contributed by atoms with Crippen molar-refractivity contribution in [2.75, 3.05) is 6.54 Å². The zero-order valence-electron chi connectivity index (χ0n) is 24.9. The molecule has 3 aliphatic rings.